The van der Waals surface area contributed by atoms with Crippen LogP contribution in [0.3, 0.4) is 0 Å². The molecule has 0 fully saturated rings. The average molecular weight is 651 g/mol. The van der Waals surface area contributed by atoms with E-state index in [1.807, 2.05) is 36.4 Å². The molecule has 220 valence electrons. The number of hydrogen-bond acceptors (Lipinski definition) is 3. The summed E-state index contributed by atoms with van der Waals surface area (Å²) in [6.07, 6.45) is 17.9. The summed E-state index contributed by atoms with van der Waals surface area (Å²) in [5, 5.41) is 6.34. The van der Waals surface area contributed by atoms with Crippen molar-refractivity contribution in [3.05, 3.63) is 69.6 Å². The number of anilines is 2. The predicted molar refractivity (Wildman–Crippen MR) is 165 cm³/mol. The molecule has 8 heteroatoms. The van der Waals surface area contributed by atoms with Gasteiger partial charge in [0.25, 0.3) is 0 Å². The number of halogens is 2. The molecule has 0 aliphatic heterocycles. The zero-order chi connectivity index (χ0) is 27.7. The van der Waals surface area contributed by atoms with Crippen LogP contribution >= 0.6 is 22.9 Å². The summed E-state index contributed by atoms with van der Waals surface area (Å²) in [6, 6.07) is 12.9. The Hall–Kier alpha value is -2.09. The number of nitrogens with zero attached hydrogens (tertiary/aromatic N) is 1. The number of rotatable bonds is 18. The van der Waals surface area contributed by atoms with Gasteiger partial charge in [-0.25, -0.2) is 4.79 Å². The number of aromatic nitrogens is 1. The Morgan fingerprint density at radius 1 is 0.900 bits per heavy atom. The maximum absolute atomic E-state index is 12.7. The normalized spacial score (nSPS) is 10.7. The lowest BCUT2D eigenvalue weighted by Gasteiger charge is -2.12. The van der Waals surface area contributed by atoms with Gasteiger partial charge in [0.2, 0.25) is 5.51 Å². The Kier molecular flexibility index (Phi) is 17.0. The second kappa shape index (κ2) is 19.9. The Morgan fingerprint density at radius 3 is 2.17 bits per heavy atom. The van der Waals surface area contributed by atoms with Gasteiger partial charge in [0.15, 0.2) is 12.7 Å². The fraction of sp³-hybridized carbons (Fsp3) is 0.500. The molecule has 3 aromatic rings. The topological polar surface area (TPSA) is 54.2 Å². The van der Waals surface area contributed by atoms with Crippen LogP contribution in [0.15, 0.2) is 54.2 Å². The zero-order valence-corrected chi connectivity index (χ0v) is 27.2. The van der Waals surface area contributed by atoms with Crippen LogP contribution in [0.2, 0.25) is 5.02 Å². The van der Waals surface area contributed by atoms with Crippen LogP contribution in [0, 0.1) is 6.92 Å². The molecule has 0 spiro atoms. The third-order valence-electron chi connectivity index (χ3n) is 6.79. The van der Waals surface area contributed by atoms with Crippen molar-refractivity contribution >= 4 is 40.3 Å². The molecule has 1 aromatic heterocycles. The van der Waals surface area contributed by atoms with Crippen LogP contribution in [0.5, 0.6) is 5.75 Å². The molecule has 2 amide bonds. The summed E-state index contributed by atoms with van der Waals surface area (Å²) in [4.78, 5) is 13.9. The molecule has 0 atom stereocenters. The number of thiazole rings is 1. The zero-order valence-electron chi connectivity index (χ0n) is 24.0. The Labute approximate surface area is 260 Å². The molecule has 40 heavy (non-hydrogen) atoms. The predicted octanol–water partition coefficient (Wildman–Crippen LogP) is 6.77. The monoisotopic (exact) mass is 649 g/mol. The van der Waals surface area contributed by atoms with Gasteiger partial charge in [0.1, 0.15) is 5.75 Å². The summed E-state index contributed by atoms with van der Waals surface area (Å²) in [5.74, 6) is 0.652. The van der Waals surface area contributed by atoms with E-state index in [2.05, 4.69) is 40.8 Å². The summed E-state index contributed by atoms with van der Waals surface area (Å²) in [6.45, 7) is 5.70. The van der Waals surface area contributed by atoms with Gasteiger partial charge in [0, 0.05) is 11.3 Å². The number of benzene rings is 2. The smallest absolute Gasteiger partial charge is 0.323 e. The molecular weight excluding hydrogens is 606 g/mol. The molecule has 0 radical (unpaired) electrons. The lowest BCUT2D eigenvalue weighted by molar-refractivity contribution is -0.683. The fourth-order valence-electron chi connectivity index (χ4n) is 4.61. The molecule has 0 aliphatic carbocycles. The minimum atomic E-state index is -0.310. The molecule has 2 N–H and O–H groups in total. The van der Waals surface area contributed by atoms with E-state index in [9.17, 15) is 4.79 Å². The van der Waals surface area contributed by atoms with Gasteiger partial charge < -0.3 is 32.4 Å². The van der Waals surface area contributed by atoms with Crippen molar-refractivity contribution < 1.29 is 31.1 Å². The summed E-state index contributed by atoms with van der Waals surface area (Å²) in [7, 11) is 0. The van der Waals surface area contributed by atoms with Crippen molar-refractivity contribution in [3.8, 4) is 5.75 Å². The van der Waals surface area contributed by atoms with Gasteiger partial charge in [-0.3, -0.25) is 0 Å². The van der Waals surface area contributed by atoms with Crippen molar-refractivity contribution in [2.24, 2.45) is 0 Å². The maximum atomic E-state index is 12.7. The van der Waals surface area contributed by atoms with Gasteiger partial charge in [-0.2, -0.15) is 4.57 Å². The van der Waals surface area contributed by atoms with E-state index >= 15 is 0 Å². The number of hydrogen-bond donors (Lipinski definition) is 2. The highest BCUT2D eigenvalue weighted by Gasteiger charge is 2.12. The molecule has 1 heterocycles. The third-order valence-corrected chi connectivity index (χ3v) is 7.93. The average Bonchev–Trinajstić information content (AvgIpc) is 3.33. The number of aryl methyl sites for hydroxylation is 1. The second-order valence-electron chi connectivity index (χ2n) is 10.3. The number of para-hydroxylation sites is 1. The minimum absolute atomic E-state index is 0. The number of unbranched alkanes of at least 4 members (excludes halogenated alkanes) is 11. The van der Waals surface area contributed by atoms with E-state index in [0.717, 1.165) is 17.7 Å². The number of ether oxygens (including phenoxy) is 1. The lowest BCUT2D eigenvalue weighted by Crippen LogP contribution is -3.00. The first kappa shape index (κ1) is 34.1. The maximum Gasteiger partial charge on any atom is 0.323 e. The molecule has 0 aliphatic rings. The number of carbonyl (C=O) groups excluding carboxylic acids is 1. The van der Waals surface area contributed by atoms with Gasteiger partial charge in [-0.05, 0) is 37.6 Å². The first-order valence-corrected chi connectivity index (χ1v) is 15.8. The standard InChI is InChI=1S/C32H44ClN3O2S.BrH/c1-3-4-5-6-7-8-9-10-11-12-13-16-21-38-31-20-19-28(22-29(31)33)34-32(37)35-30-18-15-14-17-27(30)24-36-23-26(2)39-25-36;/h14-15,17-20,22-23,25H,3-13,16,21,24H2,1-2H3,(H-,34,35,37);1H. The van der Waals surface area contributed by atoms with Crippen LogP contribution in [0.25, 0.3) is 0 Å². The van der Waals surface area contributed by atoms with Crippen molar-refractivity contribution in [2.75, 3.05) is 17.2 Å². The van der Waals surface area contributed by atoms with Crippen LogP contribution in [-0.4, -0.2) is 12.6 Å². The van der Waals surface area contributed by atoms with E-state index in [-0.39, 0.29) is 23.0 Å². The van der Waals surface area contributed by atoms with Crippen molar-refractivity contribution in [1.29, 1.82) is 0 Å². The first-order chi connectivity index (χ1) is 19.0. The van der Waals surface area contributed by atoms with Crippen molar-refractivity contribution in [1.82, 2.24) is 0 Å². The molecule has 5 nitrogen and oxygen atoms in total. The molecule has 0 saturated heterocycles. The van der Waals surface area contributed by atoms with Gasteiger partial charge in [0.05, 0.1) is 22.2 Å². The lowest BCUT2D eigenvalue weighted by atomic mass is 10.1. The molecule has 3 rings (SSSR count). The first-order valence-electron chi connectivity index (χ1n) is 14.6. The highest BCUT2D eigenvalue weighted by atomic mass is 79.9. The summed E-state index contributed by atoms with van der Waals surface area (Å²) >= 11 is 8.14. The Balaban J connectivity index is 0.00000560. The summed E-state index contributed by atoms with van der Waals surface area (Å²) < 4.78 is 8.02. The van der Waals surface area contributed by atoms with Crippen LogP contribution in [0.4, 0.5) is 16.2 Å². The van der Waals surface area contributed by atoms with Gasteiger partial charge in [-0.15, -0.1) is 0 Å². The van der Waals surface area contributed by atoms with Gasteiger partial charge in [-0.1, -0.05) is 119 Å². The van der Waals surface area contributed by atoms with E-state index in [4.69, 9.17) is 16.3 Å². The highest BCUT2D eigenvalue weighted by molar-refractivity contribution is 7.09. The number of amides is 2. The number of urea groups is 1. The molecule has 0 unspecified atom stereocenters. The highest BCUT2D eigenvalue weighted by Crippen LogP contribution is 2.28. The van der Waals surface area contributed by atoms with Gasteiger partial charge >= 0.3 is 6.03 Å². The largest absolute Gasteiger partial charge is 1.00 e. The number of carbonyl (C=O) groups is 1. The SMILES string of the molecule is CCCCCCCCCCCCCCOc1ccc(NC(=O)Nc2ccccc2C[n+]2csc(C)c2)cc1Cl.[Br-]. The minimum Gasteiger partial charge on any atom is -1.00 e. The van der Waals surface area contributed by atoms with E-state index < -0.39 is 0 Å². The second-order valence-corrected chi connectivity index (χ2v) is 11.8. The molecule has 2 aromatic carbocycles. The Bertz CT molecular complexity index is 1140. The molecule has 0 saturated carbocycles. The fourth-order valence-corrected chi connectivity index (χ4v) is 5.48. The van der Waals surface area contributed by atoms with Crippen LogP contribution in [0.1, 0.15) is 94.4 Å². The van der Waals surface area contributed by atoms with E-state index in [0.29, 0.717) is 29.6 Å². The third kappa shape index (κ3) is 13.0. The molecular formula is C32H45BrClN3O2S. The van der Waals surface area contributed by atoms with Crippen LogP contribution < -0.4 is 36.9 Å². The van der Waals surface area contributed by atoms with E-state index in [1.165, 1.54) is 75.5 Å². The van der Waals surface area contributed by atoms with Crippen molar-refractivity contribution in [2.45, 2.75) is 97.4 Å². The van der Waals surface area contributed by atoms with E-state index in [1.54, 1.807) is 17.4 Å². The van der Waals surface area contributed by atoms with Crippen molar-refractivity contribution in [3.63, 3.8) is 0 Å². The molecule has 0 bridgehead atoms. The van der Waals surface area contributed by atoms with Crippen LogP contribution in [-0.2, 0) is 6.54 Å². The summed E-state index contributed by atoms with van der Waals surface area (Å²) in [5.41, 5.74) is 4.51. The quantitative estimate of drug-likeness (QED) is 0.118. The number of nitrogens with one attached hydrogen (secondary N) is 2. The Morgan fingerprint density at radius 2 is 1.55 bits per heavy atom.